The number of hydrogen-bond donors (Lipinski definition) is 0. The molecule has 2 aromatic heterocycles. The smallest absolute Gasteiger partial charge is 0.156 e. The summed E-state index contributed by atoms with van der Waals surface area (Å²) in [5.74, 6) is 0.505. The quantitative estimate of drug-likeness (QED) is 0.640. The average molecular weight is 289 g/mol. The van der Waals surface area contributed by atoms with Gasteiger partial charge in [-0.25, -0.2) is 9.98 Å². The highest BCUT2D eigenvalue weighted by atomic mass is 35.5. The Bertz CT molecular complexity index is 743. The molecule has 0 aliphatic carbocycles. The maximum Gasteiger partial charge on any atom is 0.156 e. The first-order chi connectivity index (χ1) is 9.62. The number of nitrogens with zero attached hydrogens (tertiary/aromatic N) is 4. The summed E-state index contributed by atoms with van der Waals surface area (Å²) in [6.45, 7) is 7.09. The van der Waals surface area contributed by atoms with Gasteiger partial charge in [0.25, 0.3) is 0 Å². The fraction of sp³-hybridized carbons (Fsp3) is 0.143. The number of carbonyl (C=O) groups is 1. The monoisotopic (exact) mass is 288 g/mol. The molecule has 0 atom stereocenters. The Morgan fingerprint density at radius 2 is 2.30 bits per heavy atom. The molecule has 0 amide bonds. The summed E-state index contributed by atoms with van der Waals surface area (Å²) >= 11 is 6.19. The topological polar surface area (TPSA) is 59.6 Å². The predicted octanol–water partition coefficient (Wildman–Crippen LogP) is 3.36. The van der Waals surface area contributed by atoms with Gasteiger partial charge in [-0.15, -0.1) is 0 Å². The summed E-state index contributed by atoms with van der Waals surface area (Å²) in [6.07, 6.45) is 5.65. The second kappa shape index (κ2) is 5.79. The Kier molecular flexibility index (Phi) is 4.10. The van der Waals surface area contributed by atoms with Crippen molar-refractivity contribution in [3.8, 4) is 0 Å². The van der Waals surface area contributed by atoms with Crippen LogP contribution >= 0.6 is 11.6 Å². The minimum Gasteiger partial charge on any atom is -0.298 e. The van der Waals surface area contributed by atoms with Crippen LogP contribution in [0.1, 0.15) is 23.0 Å². The lowest BCUT2D eigenvalue weighted by Gasteiger charge is -2.05. The van der Waals surface area contributed by atoms with Crippen molar-refractivity contribution in [1.29, 1.82) is 0 Å². The molecule has 20 heavy (non-hydrogen) atoms. The van der Waals surface area contributed by atoms with E-state index in [0.29, 0.717) is 33.1 Å². The Morgan fingerprint density at radius 3 is 2.90 bits per heavy atom. The first-order valence-corrected chi connectivity index (χ1v) is 6.28. The molecule has 0 radical (unpaired) electrons. The van der Waals surface area contributed by atoms with Crippen LogP contribution in [0.4, 0.5) is 0 Å². The van der Waals surface area contributed by atoms with Crippen molar-refractivity contribution >= 4 is 47.7 Å². The number of halogens is 1. The zero-order valence-corrected chi connectivity index (χ0v) is 11.9. The molecule has 2 aromatic rings. The van der Waals surface area contributed by atoms with E-state index >= 15 is 0 Å². The van der Waals surface area contributed by atoms with Crippen molar-refractivity contribution in [3.63, 3.8) is 0 Å². The molecule has 2 rings (SSSR count). The van der Waals surface area contributed by atoms with Crippen LogP contribution in [0.3, 0.4) is 0 Å². The van der Waals surface area contributed by atoms with E-state index in [9.17, 15) is 4.79 Å². The van der Waals surface area contributed by atoms with Gasteiger partial charge in [0.15, 0.2) is 12.1 Å². The van der Waals surface area contributed by atoms with Crippen LogP contribution in [0.5, 0.6) is 0 Å². The zero-order chi connectivity index (χ0) is 14.7. The molecule has 6 heteroatoms. The zero-order valence-electron chi connectivity index (χ0n) is 11.2. The summed E-state index contributed by atoms with van der Waals surface area (Å²) < 4.78 is 1.69. The van der Waals surface area contributed by atoms with E-state index in [1.54, 1.807) is 43.1 Å². The number of aryl methyl sites for hydroxylation is 1. The molecule has 0 spiro atoms. The van der Waals surface area contributed by atoms with Crippen LogP contribution < -0.4 is 0 Å². The molecule has 0 aliphatic rings. The fourth-order valence-corrected chi connectivity index (χ4v) is 2.06. The lowest BCUT2D eigenvalue weighted by atomic mass is 10.2. The van der Waals surface area contributed by atoms with Crippen LogP contribution in [0.25, 0.3) is 16.9 Å². The second-order valence-electron chi connectivity index (χ2n) is 4.05. The van der Waals surface area contributed by atoms with Crippen molar-refractivity contribution in [3.05, 3.63) is 34.7 Å². The number of aromatic nitrogens is 2. The molecule has 0 saturated heterocycles. The highest BCUT2D eigenvalue weighted by Gasteiger charge is 2.13. The molecule has 0 aliphatic heterocycles. The molecular formula is C14H13ClN4O. The summed E-state index contributed by atoms with van der Waals surface area (Å²) in [5, 5.41) is 1.18. The highest BCUT2D eigenvalue weighted by Crippen LogP contribution is 2.28. The Hall–Kier alpha value is -2.27. The normalized spacial score (nSPS) is 12.2. The summed E-state index contributed by atoms with van der Waals surface area (Å²) in [5.41, 5.74) is 1.76. The molecule has 0 N–H and O–H groups in total. The van der Waals surface area contributed by atoms with E-state index in [-0.39, 0.29) is 0 Å². The Morgan fingerprint density at radius 1 is 1.55 bits per heavy atom. The fourth-order valence-electron chi connectivity index (χ4n) is 1.83. The average Bonchev–Trinajstić information content (AvgIpc) is 2.75. The molecule has 0 bridgehead atoms. The second-order valence-corrected chi connectivity index (χ2v) is 4.46. The molecule has 0 saturated carbocycles. The summed E-state index contributed by atoms with van der Waals surface area (Å²) in [4.78, 5) is 23.3. The van der Waals surface area contributed by atoms with Crippen molar-refractivity contribution < 1.29 is 4.79 Å². The van der Waals surface area contributed by atoms with E-state index in [2.05, 4.69) is 21.7 Å². The van der Waals surface area contributed by atoms with Gasteiger partial charge in [0, 0.05) is 23.4 Å². The van der Waals surface area contributed by atoms with Gasteiger partial charge >= 0.3 is 0 Å². The van der Waals surface area contributed by atoms with Crippen molar-refractivity contribution in [2.24, 2.45) is 9.98 Å². The Labute approximate surface area is 121 Å². The third-order valence-corrected chi connectivity index (χ3v) is 3.14. The number of hydrogen-bond acceptors (Lipinski definition) is 4. The van der Waals surface area contributed by atoms with Gasteiger partial charge in [0.05, 0.1) is 16.9 Å². The number of fused-ring (bicyclic) bond motifs is 1. The maximum atomic E-state index is 11.0. The standard InChI is InChI=1S/C14H13ClN4O/c1-4-17-6-13(16-3)19-7-12(15)11-5-10(8-20)9(2)18-14(11)19/h4-8H,3H2,1-2H3/b13-6+,17-4?. The predicted molar refractivity (Wildman–Crippen MR) is 82.9 cm³/mol. The van der Waals surface area contributed by atoms with E-state index < -0.39 is 0 Å². The van der Waals surface area contributed by atoms with Gasteiger partial charge in [-0.2, -0.15) is 0 Å². The molecule has 0 unspecified atom stereocenters. The molecule has 5 nitrogen and oxygen atoms in total. The van der Waals surface area contributed by atoms with E-state index in [1.165, 1.54) is 0 Å². The number of rotatable bonds is 4. The van der Waals surface area contributed by atoms with E-state index in [4.69, 9.17) is 11.6 Å². The third kappa shape index (κ3) is 2.40. The third-order valence-electron chi connectivity index (χ3n) is 2.83. The minimum atomic E-state index is 0.491. The number of aliphatic imine (C=N–C) groups is 2. The minimum absolute atomic E-state index is 0.491. The van der Waals surface area contributed by atoms with Crippen molar-refractivity contribution in [1.82, 2.24) is 9.55 Å². The van der Waals surface area contributed by atoms with Gasteiger partial charge in [-0.1, -0.05) is 11.6 Å². The highest BCUT2D eigenvalue weighted by molar-refractivity contribution is 6.35. The van der Waals surface area contributed by atoms with Gasteiger partial charge in [-0.05, 0) is 26.6 Å². The molecule has 0 fully saturated rings. The number of pyridine rings is 1. The SMILES string of the molecule is C=N/C(=C\N=CC)n1cc(Cl)c2cc(C=O)c(C)nc21. The van der Waals surface area contributed by atoms with Crippen molar-refractivity contribution in [2.45, 2.75) is 13.8 Å². The summed E-state index contributed by atoms with van der Waals surface area (Å²) in [6, 6.07) is 1.72. The van der Waals surface area contributed by atoms with Gasteiger partial charge < -0.3 is 0 Å². The molecule has 2 heterocycles. The Balaban J connectivity index is 2.75. The largest absolute Gasteiger partial charge is 0.298 e. The van der Waals surface area contributed by atoms with Gasteiger partial charge in [0.1, 0.15) is 5.65 Å². The van der Waals surface area contributed by atoms with Crippen molar-refractivity contribution in [2.75, 3.05) is 0 Å². The summed E-state index contributed by atoms with van der Waals surface area (Å²) in [7, 11) is 0. The van der Waals surface area contributed by atoms with Gasteiger partial charge in [-0.3, -0.25) is 14.4 Å². The first-order valence-electron chi connectivity index (χ1n) is 5.90. The van der Waals surface area contributed by atoms with Crippen LogP contribution in [0, 0.1) is 6.92 Å². The van der Waals surface area contributed by atoms with Gasteiger partial charge in [0.2, 0.25) is 0 Å². The lowest BCUT2D eigenvalue weighted by molar-refractivity contribution is 0.112. The molecule has 102 valence electrons. The van der Waals surface area contributed by atoms with E-state index in [1.807, 2.05) is 0 Å². The van der Waals surface area contributed by atoms with Crippen LogP contribution in [0.2, 0.25) is 5.02 Å². The van der Waals surface area contributed by atoms with Crippen LogP contribution in [-0.4, -0.2) is 28.8 Å². The lowest BCUT2D eigenvalue weighted by Crippen LogP contribution is -1.97. The molecular weight excluding hydrogens is 276 g/mol. The maximum absolute atomic E-state index is 11.0. The number of aldehydes is 1. The van der Waals surface area contributed by atoms with Crippen LogP contribution in [0.15, 0.2) is 28.4 Å². The van der Waals surface area contributed by atoms with E-state index in [0.717, 1.165) is 6.29 Å². The molecule has 0 aromatic carbocycles. The first kappa shape index (κ1) is 14.1. The van der Waals surface area contributed by atoms with Crippen LogP contribution in [-0.2, 0) is 0 Å². The number of carbonyl (C=O) groups excluding carboxylic acids is 1.